The largest absolute Gasteiger partial charge is 0.480 e. The Kier molecular flexibility index (Phi) is 11.6. The summed E-state index contributed by atoms with van der Waals surface area (Å²) < 4.78 is 10.3. The number of hydrogen-bond acceptors (Lipinski definition) is 6. The summed E-state index contributed by atoms with van der Waals surface area (Å²) in [5.74, 6) is -1.47. The van der Waals surface area contributed by atoms with Crippen LogP contribution in [0.25, 0.3) is 0 Å². The summed E-state index contributed by atoms with van der Waals surface area (Å²) in [6, 6.07) is 8.11. The Morgan fingerprint density at radius 2 is 1.71 bits per heavy atom. The summed E-state index contributed by atoms with van der Waals surface area (Å²) in [7, 11) is 0. The summed E-state index contributed by atoms with van der Waals surface area (Å²) in [6.07, 6.45) is 2.05. The first-order valence-electron chi connectivity index (χ1n) is 10.8. The van der Waals surface area contributed by atoms with E-state index in [2.05, 4.69) is 10.6 Å². The quantitative estimate of drug-likeness (QED) is 0.321. The van der Waals surface area contributed by atoms with Gasteiger partial charge in [0.1, 0.15) is 17.7 Å². The van der Waals surface area contributed by atoms with E-state index in [1.807, 2.05) is 30.3 Å². The number of ether oxygens (including phenoxy) is 2. The second kappa shape index (κ2) is 13.6. The number of carbonyl (C=O) groups is 3. The molecule has 0 aromatic heterocycles. The molecule has 1 rings (SSSR count). The van der Waals surface area contributed by atoms with E-state index >= 15 is 0 Å². The number of aryl methyl sites for hydroxylation is 1. The molecule has 0 bridgehead atoms. The topological polar surface area (TPSA) is 114 Å². The molecule has 1 unspecified atom stereocenters. The normalized spacial score (nSPS) is 13.2. The molecule has 1 aromatic rings. The van der Waals surface area contributed by atoms with Crippen LogP contribution in [0.1, 0.15) is 58.9 Å². The highest BCUT2D eigenvalue weighted by Crippen LogP contribution is 2.10. The molecular formula is C23H36N2O6. The molecule has 2 atom stereocenters. The van der Waals surface area contributed by atoms with Gasteiger partial charge in [0.2, 0.25) is 0 Å². The molecule has 0 fully saturated rings. The fraction of sp³-hybridized carbons (Fsp3) is 0.609. The van der Waals surface area contributed by atoms with Crippen LogP contribution < -0.4 is 10.6 Å². The first-order chi connectivity index (χ1) is 14.6. The fourth-order valence-corrected chi connectivity index (χ4v) is 2.97. The molecule has 0 aliphatic heterocycles. The van der Waals surface area contributed by atoms with E-state index in [4.69, 9.17) is 9.47 Å². The van der Waals surface area contributed by atoms with Gasteiger partial charge in [0.05, 0.1) is 6.61 Å². The van der Waals surface area contributed by atoms with Crippen molar-refractivity contribution in [1.29, 1.82) is 0 Å². The number of carbonyl (C=O) groups excluding carboxylic acids is 2. The van der Waals surface area contributed by atoms with Gasteiger partial charge in [-0.3, -0.25) is 14.9 Å². The zero-order valence-corrected chi connectivity index (χ0v) is 19.0. The molecule has 3 N–H and O–H groups in total. The van der Waals surface area contributed by atoms with Crippen molar-refractivity contribution in [2.24, 2.45) is 0 Å². The monoisotopic (exact) mass is 436 g/mol. The van der Waals surface area contributed by atoms with Crippen LogP contribution >= 0.6 is 0 Å². The number of carboxylic acids is 1. The van der Waals surface area contributed by atoms with Gasteiger partial charge in [0, 0.05) is 6.54 Å². The Hall–Kier alpha value is -2.61. The maximum atomic E-state index is 12.3. The minimum Gasteiger partial charge on any atom is -0.480 e. The van der Waals surface area contributed by atoms with E-state index in [-0.39, 0.29) is 6.61 Å². The zero-order valence-electron chi connectivity index (χ0n) is 19.0. The lowest BCUT2D eigenvalue weighted by molar-refractivity contribution is -0.147. The second-order valence-electron chi connectivity index (χ2n) is 8.31. The van der Waals surface area contributed by atoms with Crippen LogP contribution in [-0.2, 0) is 25.5 Å². The Morgan fingerprint density at radius 3 is 2.29 bits per heavy atom. The van der Waals surface area contributed by atoms with E-state index in [1.165, 1.54) is 0 Å². The lowest BCUT2D eigenvalue weighted by atomic mass is 10.0. The van der Waals surface area contributed by atoms with E-state index in [9.17, 15) is 19.5 Å². The number of carboxylic acid groups (broad SMARTS) is 1. The van der Waals surface area contributed by atoms with Crippen LogP contribution in [0.3, 0.4) is 0 Å². The molecule has 0 saturated heterocycles. The Morgan fingerprint density at radius 1 is 1.03 bits per heavy atom. The number of unbranched alkanes of at least 4 members (excludes halogenated alkanes) is 1. The molecule has 8 nitrogen and oxygen atoms in total. The SMILES string of the molecule is CCOC(=O)C(CCc1ccccc1)N[C@@H](CCCCNC(=O)OC(C)(C)C)C(=O)O. The summed E-state index contributed by atoms with van der Waals surface area (Å²) in [6.45, 7) is 7.69. The number of hydrogen-bond donors (Lipinski definition) is 3. The predicted molar refractivity (Wildman–Crippen MR) is 118 cm³/mol. The second-order valence-corrected chi connectivity index (χ2v) is 8.31. The van der Waals surface area contributed by atoms with Crippen molar-refractivity contribution in [3.63, 3.8) is 0 Å². The van der Waals surface area contributed by atoms with Gasteiger partial charge in [-0.2, -0.15) is 0 Å². The van der Waals surface area contributed by atoms with E-state index in [0.29, 0.717) is 38.6 Å². The standard InChI is InChI=1S/C23H36N2O6/c1-5-30-21(28)19(15-14-17-11-7-6-8-12-17)25-18(20(26)27)13-9-10-16-24-22(29)31-23(2,3)4/h6-8,11-12,18-19,25H,5,9-10,13-16H2,1-4H3,(H,24,29)(H,26,27)/t18-,19?/m0/s1. The lowest BCUT2D eigenvalue weighted by Gasteiger charge is -2.22. The highest BCUT2D eigenvalue weighted by Gasteiger charge is 2.26. The minimum absolute atomic E-state index is 0.233. The molecule has 0 radical (unpaired) electrons. The zero-order chi connectivity index (χ0) is 23.3. The first-order valence-corrected chi connectivity index (χ1v) is 10.8. The summed E-state index contributed by atoms with van der Waals surface area (Å²) in [5, 5.41) is 15.2. The molecule has 0 aliphatic carbocycles. The Balaban J connectivity index is 2.53. The number of aliphatic carboxylic acids is 1. The highest BCUT2D eigenvalue weighted by molar-refractivity contribution is 5.78. The van der Waals surface area contributed by atoms with Gasteiger partial charge in [-0.25, -0.2) is 4.79 Å². The van der Waals surface area contributed by atoms with Gasteiger partial charge in [-0.05, 0) is 65.4 Å². The molecule has 8 heteroatoms. The third kappa shape index (κ3) is 12.0. The predicted octanol–water partition coefficient (Wildman–Crippen LogP) is 3.29. The number of esters is 1. The summed E-state index contributed by atoms with van der Waals surface area (Å²) >= 11 is 0. The summed E-state index contributed by atoms with van der Waals surface area (Å²) in [4.78, 5) is 35.7. The smallest absolute Gasteiger partial charge is 0.407 e. The van der Waals surface area contributed by atoms with Crippen LogP contribution in [0.5, 0.6) is 0 Å². The van der Waals surface area contributed by atoms with Crippen molar-refractivity contribution in [2.75, 3.05) is 13.2 Å². The number of rotatable bonds is 13. The van der Waals surface area contributed by atoms with E-state index < -0.39 is 35.7 Å². The van der Waals surface area contributed by atoms with E-state index in [1.54, 1.807) is 27.7 Å². The third-order valence-electron chi connectivity index (χ3n) is 4.42. The highest BCUT2D eigenvalue weighted by atomic mass is 16.6. The minimum atomic E-state index is -1.02. The van der Waals surface area contributed by atoms with Crippen molar-refractivity contribution < 1.29 is 29.0 Å². The van der Waals surface area contributed by atoms with Crippen LogP contribution in [0.15, 0.2) is 30.3 Å². The molecular weight excluding hydrogens is 400 g/mol. The maximum absolute atomic E-state index is 12.3. The maximum Gasteiger partial charge on any atom is 0.407 e. The van der Waals surface area contributed by atoms with Crippen LogP contribution in [-0.4, -0.2) is 54.0 Å². The summed E-state index contributed by atoms with van der Waals surface area (Å²) in [5.41, 5.74) is 0.503. The van der Waals surface area contributed by atoms with Gasteiger partial charge in [0.25, 0.3) is 0 Å². The molecule has 1 amide bonds. The number of amides is 1. The first kappa shape index (κ1) is 26.4. The van der Waals surface area contributed by atoms with Crippen LogP contribution in [0.2, 0.25) is 0 Å². The Labute approximate surface area is 184 Å². The van der Waals surface area contributed by atoms with Gasteiger partial charge in [-0.1, -0.05) is 30.3 Å². The lowest BCUT2D eigenvalue weighted by Crippen LogP contribution is -2.48. The van der Waals surface area contributed by atoms with Crippen LogP contribution in [0.4, 0.5) is 4.79 Å². The Bertz CT molecular complexity index is 687. The molecule has 1 aromatic carbocycles. The van der Waals surface area contributed by atoms with Gasteiger partial charge in [0.15, 0.2) is 0 Å². The number of alkyl carbamates (subject to hydrolysis) is 1. The van der Waals surface area contributed by atoms with Gasteiger partial charge >= 0.3 is 18.0 Å². The van der Waals surface area contributed by atoms with Crippen molar-refractivity contribution in [3.05, 3.63) is 35.9 Å². The molecule has 0 spiro atoms. The molecule has 0 saturated carbocycles. The third-order valence-corrected chi connectivity index (χ3v) is 4.42. The molecule has 31 heavy (non-hydrogen) atoms. The number of benzene rings is 1. The molecule has 174 valence electrons. The van der Waals surface area contributed by atoms with Crippen molar-refractivity contribution in [3.8, 4) is 0 Å². The van der Waals surface area contributed by atoms with Gasteiger partial charge in [-0.15, -0.1) is 0 Å². The van der Waals surface area contributed by atoms with E-state index in [0.717, 1.165) is 5.56 Å². The van der Waals surface area contributed by atoms with Crippen molar-refractivity contribution in [1.82, 2.24) is 10.6 Å². The van der Waals surface area contributed by atoms with Crippen molar-refractivity contribution in [2.45, 2.75) is 77.5 Å². The van der Waals surface area contributed by atoms with Crippen molar-refractivity contribution >= 4 is 18.0 Å². The molecule has 0 heterocycles. The average molecular weight is 437 g/mol. The average Bonchev–Trinajstić information content (AvgIpc) is 2.68. The number of nitrogens with one attached hydrogen (secondary N) is 2. The van der Waals surface area contributed by atoms with Crippen LogP contribution in [0, 0.1) is 0 Å². The fourth-order valence-electron chi connectivity index (χ4n) is 2.97. The molecule has 0 aliphatic rings. The van der Waals surface area contributed by atoms with Gasteiger partial charge < -0.3 is 19.9 Å².